The lowest BCUT2D eigenvalue weighted by Gasteiger charge is -2.26. The van der Waals surface area contributed by atoms with E-state index in [2.05, 4.69) is 4.98 Å². The molecule has 0 amide bonds. The highest BCUT2D eigenvalue weighted by Gasteiger charge is 2.25. The topological polar surface area (TPSA) is 34.9 Å². The molecule has 1 unspecified atom stereocenters. The van der Waals surface area contributed by atoms with Gasteiger partial charge in [0, 0.05) is 11.6 Å². The summed E-state index contributed by atoms with van der Waals surface area (Å²) in [6.07, 6.45) is 0.639. The van der Waals surface area contributed by atoms with E-state index in [1.807, 2.05) is 25.1 Å². The molecule has 104 valence electrons. The summed E-state index contributed by atoms with van der Waals surface area (Å²) in [6, 6.07) is 12.0. The van der Waals surface area contributed by atoms with Crippen molar-refractivity contribution >= 4 is 10.9 Å². The molecule has 1 aliphatic rings. The summed E-state index contributed by atoms with van der Waals surface area (Å²) in [5, 5.41) is 0.624. The van der Waals surface area contributed by atoms with E-state index in [0.717, 1.165) is 11.1 Å². The standard InChI is InChI=1S/C17H13FN2O/c1-10-8-11-9-12(18)6-7-13(11)16-19-15-5-3-2-4-14(15)17(21)20(10)16/h2-7,9-10H,8H2,1H3. The van der Waals surface area contributed by atoms with Crippen molar-refractivity contribution in [3.63, 3.8) is 0 Å². The van der Waals surface area contributed by atoms with Gasteiger partial charge in [-0.05, 0) is 49.2 Å². The Morgan fingerprint density at radius 3 is 2.90 bits per heavy atom. The first-order chi connectivity index (χ1) is 10.1. The van der Waals surface area contributed by atoms with E-state index in [1.165, 1.54) is 12.1 Å². The zero-order chi connectivity index (χ0) is 14.6. The minimum Gasteiger partial charge on any atom is -0.289 e. The number of aromatic nitrogens is 2. The van der Waals surface area contributed by atoms with Crippen LogP contribution in [-0.4, -0.2) is 9.55 Å². The van der Waals surface area contributed by atoms with E-state index in [9.17, 15) is 9.18 Å². The molecule has 4 rings (SSSR count). The van der Waals surface area contributed by atoms with Crippen molar-refractivity contribution in [3.05, 3.63) is 64.2 Å². The van der Waals surface area contributed by atoms with Crippen LogP contribution in [0, 0.1) is 5.82 Å². The number of nitrogens with zero attached hydrogens (tertiary/aromatic N) is 2. The maximum Gasteiger partial charge on any atom is 0.261 e. The van der Waals surface area contributed by atoms with Crippen molar-refractivity contribution in [2.45, 2.75) is 19.4 Å². The minimum atomic E-state index is -0.252. The van der Waals surface area contributed by atoms with E-state index >= 15 is 0 Å². The van der Waals surface area contributed by atoms with Crippen LogP contribution in [0.4, 0.5) is 4.39 Å². The Bertz CT molecular complexity index is 930. The van der Waals surface area contributed by atoms with Crippen molar-refractivity contribution in [1.29, 1.82) is 0 Å². The lowest BCUT2D eigenvalue weighted by atomic mass is 9.95. The largest absolute Gasteiger partial charge is 0.289 e. The van der Waals surface area contributed by atoms with Crippen molar-refractivity contribution in [2.75, 3.05) is 0 Å². The fraction of sp³-hybridized carbons (Fsp3) is 0.176. The lowest BCUT2D eigenvalue weighted by molar-refractivity contribution is 0.513. The Morgan fingerprint density at radius 1 is 1.24 bits per heavy atom. The Hall–Kier alpha value is -2.49. The first kappa shape index (κ1) is 12.3. The van der Waals surface area contributed by atoms with E-state index in [-0.39, 0.29) is 17.4 Å². The van der Waals surface area contributed by atoms with E-state index in [4.69, 9.17) is 0 Å². The molecule has 1 aliphatic heterocycles. The van der Waals surface area contributed by atoms with Gasteiger partial charge in [0.25, 0.3) is 5.56 Å². The second-order valence-electron chi connectivity index (χ2n) is 5.48. The third kappa shape index (κ3) is 1.72. The van der Waals surface area contributed by atoms with Crippen molar-refractivity contribution in [1.82, 2.24) is 9.55 Å². The number of fused-ring (bicyclic) bond motifs is 4. The first-order valence-corrected chi connectivity index (χ1v) is 6.95. The van der Waals surface area contributed by atoms with Crippen molar-refractivity contribution < 1.29 is 4.39 Å². The van der Waals surface area contributed by atoms with E-state index in [0.29, 0.717) is 23.1 Å². The highest BCUT2D eigenvalue weighted by molar-refractivity contribution is 5.80. The van der Waals surface area contributed by atoms with Gasteiger partial charge in [0.15, 0.2) is 0 Å². The molecule has 1 aromatic heterocycles. The van der Waals surface area contributed by atoms with Gasteiger partial charge >= 0.3 is 0 Å². The number of para-hydroxylation sites is 1. The minimum absolute atomic E-state index is 0.0288. The molecule has 1 atom stereocenters. The Labute approximate surface area is 120 Å². The summed E-state index contributed by atoms with van der Waals surface area (Å²) in [7, 11) is 0. The van der Waals surface area contributed by atoms with Crippen molar-refractivity contribution in [2.24, 2.45) is 0 Å². The molecule has 21 heavy (non-hydrogen) atoms. The molecule has 0 saturated heterocycles. The fourth-order valence-electron chi connectivity index (χ4n) is 3.10. The summed E-state index contributed by atoms with van der Waals surface area (Å²) < 4.78 is 15.2. The maximum atomic E-state index is 13.4. The quantitative estimate of drug-likeness (QED) is 0.633. The van der Waals surface area contributed by atoms with E-state index < -0.39 is 0 Å². The molecular formula is C17H13FN2O. The van der Waals surface area contributed by atoms with E-state index in [1.54, 1.807) is 16.7 Å². The average Bonchev–Trinajstić information content (AvgIpc) is 2.47. The molecule has 2 heterocycles. The smallest absolute Gasteiger partial charge is 0.261 e. The van der Waals surface area contributed by atoms with Gasteiger partial charge in [0.05, 0.1) is 10.9 Å². The fourth-order valence-corrected chi connectivity index (χ4v) is 3.10. The van der Waals surface area contributed by atoms with Gasteiger partial charge < -0.3 is 0 Å². The zero-order valence-corrected chi connectivity index (χ0v) is 11.5. The van der Waals surface area contributed by atoms with Crippen molar-refractivity contribution in [3.8, 4) is 11.4 Å². The number of benzene rings is 2. The number of hydrogen-bond donors (Lipinski definition) is 0. The number of hydrogen-bond acceptors (Lipinski definition) is 2. The van der Waals surface area contributed by atoms with Crippen LogP contribution in [-0.2, 0) is 6.42 Å². The molecule has 0 saturated carbocycles. The molecule has 0 N–H and O–H groups in total. The van der Waals surface area contributed by atoms with Crippen LogP contribution in [0.1, 0.15) is 18.5 Å². The van der Waals surface area contributed by atoms with Gasteiger partial charge in [-0.25, -0.2) is 9.37 Å². The molecule has 0 fully saturated rings. The second-order valence-corrected chi connectivity index (χ2v) is 5.48. The van der Waals surface area contributed by atoms with Gasteiger partial charge in [-0.1, -0.05) is 12.1 Å². The average molecular weight is 280 g/mol. The third-order valence-electron chi connectivity index (χ3n) is 4.07. The molecule has 0 bridgehead atoms. The van der Waals surface area contributed by atoms with Gasteiger partial charge in [0.2, 0.25) is 0 Å². The Kier molecular flexibility index (Phi) is 2.48. The molecular weight excluding hydrogens is 267 g/mol. The molecule has 3 nitrogen and oxygen atoms in total. The Morgan fingerprint density at radius 2 is 2.05 bits per heavy atom. The van der Waals surface area contributed by atoms with Crippen LogP contribution >= 0.6 is 0 Å². The summed E-state index contributed by atoms with van der Waals surface area (Å²) in [6.45, 7) is 1.97. The number of halogens is 1. The lowest BCUT2D eigenvalue weighted by Crippen LogP contribution is -2.30. The number of rotatable bonds is 0. The SMILES string of the molecule is CC1Cc2cc(F)ccc2-c2nc3ccccc3c(=O)n21. The van der Waals surface area contributed by atoms with Gasteiger partial charge in [-0.2, -0.15) is 0 Å². The summed E-state index contributed by atoms with van der Waals surface area (Å²) in [5.41, 5.74) is 2.40. The molecule has 4 heteroatoms. The third-order valence-corrected chi connectivity index (χ3v) is 4.07. The van der Waals surface area contributed by atoms with Crippen LogP contribution in [0.25, 0.3) is 22.3 Å². The van der Waals surface area contributed by atoms with Gasteiger partial charge in [-0.15, -0.1) is 0 Å². The predicted molar refractivity (Wildman–Crippen MR) is 79.8 cm³/mol. The zero-order valence-electron chi connectivity index (χ0n) is 11.5. The predicted octanol–water partition coefficient (Wildman–Crippen LogP) is 3.32. The molecule has 2 aromatic carbocycles. The summed E-state index contributed by atoms with van der Waals surface area (Å²) >= 11 is 0. The summed E-state index contributed by atoms with van der Waals surface area (Å²) in [5.74, 6) is 0.380. The molecule has 0 spiro atoms. The van der Waals surface area contributed by atoms with Crippen LogP contribution in [0.5, 0.6) is 0 Å². The van der Waals surface area contributed by atoms with Gasteiger partial charge in [0.1, 0.15) is 11.6 Å². The van der Waals surface area contributed by atoms with Crippen LogP contribution in [0.15, 0.2) is 47.3 Å². The Balaban J connectivity index is 2.14. The first-order valence-electron chi connectivity index (χ1n) is 6.95. The summed E-state index contributed by atoms with van der Waals surface area (Å²) in [4.78, 5) is 17.3. The highest BCUT2D eigenvalue weighted by atomic mass is 19.1. The second kappa shape index (κ2) is 4.25. The molecule has 0 aliphatic carbocycles. The van der Waals surface area contributed by atoms with Crippen LogP contribution < -0.4 is 5.56 Å². The van der Waals surface area contributed by atoms with Gasteiger partial charge in [-0.3, -0.25) is 9.36 Å². The normalized spacial score (nSPS) is 16.6. The monoisotopic (exact) mass is 280 g/mol. The maximum absolute atomic E-state index is 13.4. The molecule has 3 aromatic rings. The van der Waals surface area contributed by atoms with Crippen LogP contribution in [0.3, 0.4) is 0 Å². The molecule has 0 radical (unpaired) electrons. The highest BCUT2D eigenvalue weighted by Crippen LogP contribution is 2.33. The van der Waals surface area contributed by atoms with Crippen LogP contribution in [0.2, 0.25) is 0 Å².